The van der Waals surface area contributed by atoms with Gasteiger partial charge in [-0.3, -0.25) is 4.90 Å². The third kappa shape index (κ3) is 4.16. The van der Waals surface area contributed by atoms with Crippen LogP contribution in [0.25, 0.3) is 0 Å². The fraction of sp³-hybridized carbons (Fsp3) is 0.471. The Morgan fingerprint density at radius 1 is 1.33 bits per heavy atom. The van der Waals surface area contributed by atoms with E-state index in [1.165, 1.54) is 11.1 Å². The zero-order chi connectivity index (χ0) is 15.2. The Morgan fingerprint density at radius 3 is 2.71 bits per heavy atom. The van der Waals surface area contributed by atoms with Crippen LogP contribution in [0.4, 0.5) is 0 Å². The predicted molar refractivity (Wildman–Crippen MR) is 87.1 cm³/mol. The number of aryl methyl sites for hydroxylation is 2. The van der Waals surface area contributed by atoms with Crippen LogP contribution in [0.1, 0.15) is 29.4 Å². The van der Waals surface area contributed by atoms with Crippen molar-refractivity contribution in [3.63, 3.8) is 0 Å². The van der Waals surface area contributed by atoms with Crippen molar-refractivity contribution in [2.45, 2.75) is 25.9 Å². The van der Waals surface area contributed by atoms with Crippen molar-refractivity contribution in [2.75, 3.05) is 20.6 Å². The van der Waals surface area contributed by atoms with Crippen molar-refractivity contribution in [3.05, 3.63) is 53.6 Å². The minimum absolute atomic E-state index is 0.398. The maximum absolute atomic E-state index is 4.38. The smallest absolute Gasteiger partial charge is 0.122 e. The largest absolute Gasteiger partial charge is 0.337 e. The lowest BCUT2D eigenvalue weighted by Gasteiger charge is -2.22. The second-order valence-corrected chi connectivity index (χ2v) is 5.68. The van der Waals surface area contributed by atoms with Gasteiger partial charge in [-0.25, -0.2) is 4.98 Å². The molecular formula is C17H26N4. The Morgan fingerprint density at radius 2 is 2.10 bits per heavy atom. The number of hydrogen-bond acceptors (Lipinski definition) is 3. The molecule has 4 nitrogen and oxygen atoms in total. The van der Waals surface area contributed by atoms with E-state index in [9.17, 15) is 0 Å². The molecular weight excluding hydrogens is 260 g/mol. The molecule has 1 heterocycles. The van der Waals surface area contributed by atoms with E-state index in [-0.39, 0.29) is 0 Å². The first-order valence-electron chi connectivity index (χ1n) is 7.49. The number of benzene rings is 1. The first kappa shape index (κ1) is 15.7. The zero-order valence-electron chi connectivity index (χ0n) is 13.5. The normalized spacial score (nSPS) is 12.8. The Balaban J connectivity index is 1.91. The number of nitrogens with zero attached hydrogens (tertiary/aromatic N) is 3. The van der Waals surface area contributed by atoms with Crippen LogP contribution in [0.15, 0.2) is 36.7 Å². The SMILES string of the molecule is CNC(CCN(C)Cc1nccn1C)c1ccccc1C. The maximum Gasteiger partial charge on any atom is 0.122 e. The standard InChI is InChI=1S/C17H26N4/c1-14-7-5-6-8-15(14)16(18-2)9-11-20(3)13-17-19-10-12-21(17)4/h5-8,10,12,16,18H,9,11,13H2,1-4H3. The minimum Gasteiger partial charge on any atom is -0.337 e. The zero-order valence-corrected chi connectivity index (χ0v) is 13.5. The summed E-state index contributed by atoms with van der Waals surface area (Å²) in [6.45, 7) is 4.09. The molecule has 0 saturated carbocycles. The lowest BCUT2D eigenvalue weighted by molar-refractivity contribution is 0.294. The van der Waals surface area contributed by atoms with Gasteiger partial charge in [0.25, 0.3) is 0 Å². The molecule has 21 heavy (non-hydrogen) atoms. The van der Waals surface area contributed by atoms with Crippen LogP contribution in [0, 0.1) is 6.92 Å². The molecule has 0 saturated heterocycles. The van der Waals surface area contributed by atoms with Crippen LogP contribution in [0.5, 0.6) is 0 Å². The van der Waals surface area contributed by atoms with Crippen molar-refractivity contribution >= 4 is 0 Å². The van der Waals surface area contributed by atoms with Crippen molar-refractivity contribution in [3.8, 4) is 0 Å². The van der Waals surface area contributed by atoms with Crippen LogP contribution in [0.3, 0.4) is 0 Å². The van der Waals surface area contributed by atoms with E-state index < -0.39 is 0 Å². The third-order valence-corrected chi connectivity index (χ3v) is 4.04. The van der Waals surface area contributed by atoms with Gasteiger partial charge in [0.1, 0.15) is 5.82 Å². The summed E-state index contributed by atoms with van der Waals surface area (Å²) in [5, 5.41) is 3.44. The molecule has 0 aliphatic heterocycles. The average Bonchev–Trinajstić information content (AvgIpc) is 2.86. The summed E-state index contributed by atoms with van der Waals surface area (Å²) in [6, 6.07) is 9.00. The molecule has 0 amide bonds. The van der Waals surface area contributed by atoms with Crippen LogP contribution in [-0.4, -0.2) is 35.1 Å². The van der Waals surface area contributed by atoms with Gasteiger partial charge in [-0.2, -0.15) is 0 Å². The summed E-state index contributed by atoms with van der Waals surface area (Å²) in [7, 11) is 6.23. The third-order valence-electron chi connectivity index (χ3n) is 4.04. The molecule has 0 aliphatic carbocycles. The Hall–Kier alpha value is -1.65. The Labute approximate surface area is 127 Å². The molecule has 114 valence electrons. The quantitative estimate of drug-likeness (QED) is 0.849. The van der Waals surface area contributed by atoms with Gasteiger partial charge in [0.15, 0.2) is 0 Å². The highest BCUT2D eigenvalue weighted by Crippen LogP contribution is 2.20. The van der Waals surface area contributed by atoms with Gasteiger partial charge in [0, 0.05) is 32.0 Å². The van der Waals surface area contributed by atoms with Crippen molar-refractivity contribution in [1.82, 2.24) is 19.8 Å². The molecule has 0 aliphatic rings. The van der Waals surface area contributed by atoms with E-state index in [1.54, 1.807) is 0 Å². The minimum atomic E-state index is 0.398. The molecule has 1 aromatic carbocycles. The second kappa shape index (κ2) is 7.38. The molecule has 0 bridgehead atoms. The van der Waals surface area contributed by atoms with E-state index in [0.29, 0.717) is 6.04 Å². The average molecular weight is 286 g/mol. The van der Waals surface area contributed by atoms with E-state index in [2.05, 4.69) is 58.0 Å². The van der Waals surface area contributed by atoms with Gasteiger partial charge in [-0.05, 0) is 38.6 Å². The van der Waals surface area contributed by atoms with Gasteiger partial charge in [-0.15, -0.1) is 0 Å². The van der Waals surface area contributed by atoms with Crippen LogP contribution >= 0.6 is 0 Å². The Bertz CT molecular complexity index is 561. The summed E-state index contributed by atoms with van der Waals surface area (Å²) in [6.07, 6.45) is 4.93. The van der Waals surface area contributed by atoms with Gasteiger partial charge in [-0.1, -0.05) is 24.3 Å². The van der Waals surface area contributed by atoms with Crippen LogP contribution in [-0.2, 0) is 13.6 Å². The first-order chi connectivity index (χ1) is 10.1. The van der Waals surface area contributed by atoms with Gasteiger partial charge in [0.2, 0.25) is 0 Å². The summed E-state index contributed by atoms with van der Waals surface area (Å²) >= 11 is 0. The highest BCUT2D eigenvalue weighted by molar-refractivity contribution is 5.28. The molecule has 0 spiro atoms. The molecule has 4 heteroatoms. The lowest BCUT2D eigenvalue weighted by atomic mass is 9.99. The van der Waals surface area contributed by atoms with Gasteiger partial charge in [0.05, 0.1) is 6.54 Å². The molecule has 1 atom stereocenters. The summed E-state index contributed by atoms with van der Waals surface area (Å²) in [4.78, 5) is 6.71. The van der Waals surface area contributed by atoms with E-state index in [1.807, 2.05) is 26.5 Å². The van der Waals surface area contributed by atoms with Crippen molar-refractivity contribution in [2.24, 2.45) is 7.05 Å². The number of rotatable bonds is 7. The summed E-state index contributed by atoms with van der Waals surface area (Å²) in [5.41, 5.74) is 2.74. The van der Waals surface area contributed by atoms with E-state index in [0.717, 1.165) is 25.3 Å². The molecule has 1 unspecified atom stereocenters. The molecule has 0 fully saturated rings. The maximum atomic E-state index is 4.38. The Kier molecular flexibility index (Phi) is 5.53. The lowest BCUT2D eigenvalue weighted by Crippen LogP contribution is -2.26. The van der Waals surface area contributed by atoms with Gasteiger partial charge < -0.3 is 9.88 Å². The predicted octanol–water partition coefficient (Wildman–Crippen LogP) is 2.51. The molecule has 1 aromatic heterocycles. The molecule has 2 aromatic rings. The summed E-state index contributed by atoms with van der Waals surface area (Å²) < 4.78 is 2.08. The monoisotopic (exact) mass is 286 g/mol. The highest BCUT2D eigenvalue weighted by atomic mass is 15.1. The summed E-state index contributed by atoms with van der Waals surface area (Å²) in [5.74, 6) is 1.11. The van der Waals surface area contributed by atoms with E-state index in [4.69, 9.17) is 0 Å². The number of imidazole rings is 1. The number of hydrogen-bond donors (Lipinski definition) is 1. The first-order valence-corrected chi connectivity index (χ1v) is 7.49. The van der Waals surface area contributed by atoms with Crippen LogP contribution < -0.4 is 5.32 Å². The molecule has 0 radical (unpaired) electrons. The fourth-order valence-electron chi connectivity index (χ4n) is 2.65. The second-order valence-electron chi connectivity index (χ2n) is 5.68. The van der Waals surface area contributed by atoms with Crippen LogP contribution in [0.2, 0.25) is 0 Å². The van der Waals surface area contributed by atoms with Gasteiger partial charge >= 0.3 is 0 Å². The van der Waals surface area contributed by atoms with E-state index >= 15 is 0 Å². The number of nitrogens with one attached hydrogen (secondary N) is 1. The molecule has 1 N–H and O–H groups in total. The van der Waals surface area contributed by atoms with Crippen molar-refractivity contribution in [1.29, 1.82) is 0 Å². The highest BCUT2D eigenvalue weighted by Gasteiger charge is 2.13. The van der Waals surface area contributed by atoms with Crippen molar-refractivity contribution < 1.29 is 0 Å². The number of aromatic nitrogens is 2. The fourth-order valence-corrected chi connectivity index (χ4v) is 2.65. The molecule has 2 rings (SSSR count). The topological polar surface area (TPSA) is 33.1 Å².